The zero-order chi connectivity index (χ0) is 13.5. The fourth-order valence-electron chi connectivity index (χ4n) is 2.29. The van der Waals surface area contributed by atoms with Crippen LogP contribution in [0, 0.1) is 0 Å². The molecule has 0 saturated carbocycles. The summed E-state index contributed by atoms with van der Waals surface area (Å²) in [5.74, 6) is -0.655. The molecule has 1 N–H and O–H groups in total. The van der Waals surface area contributed by atoms with Crippen molar-refractivity contribution in [2.75, 3.05) is 0 Å². The van der Waals surface area contributed by atoms with Crippen molar-refractivity contribution in [3.05, 3.63) is 0 Å². The molecule has 0 amide bonds. The second-order valence-corrected chi connectivity index (χ2v) is 5.39. The third-order valence-corrected chi connectivity index (χ3v) is 3.49. The quantitative estimate of drug-likeness (QED) is 0.376. The van der Waals surface area contributed by atoms with E-state index >= 15 is 0 Å². The van der Waals surface area contributed by atoms with E-state index in [0.717, 1.165) is 12.8 Å². The monoisotopic (exact) mass is 270 g/mol. The summed E-state index contributed by atoms with van der Waals surface area (Å²) in [6, 6.07) is 0. The zero-order valence-electron chi connectivity index (χ0n) is 12.3. The Morgan fingerprint density at radius 2 is 1.00 bits per heavy atom. The Balaban J connectivity index is 0. The van der Waals surface area contributed by atoms with Crippen molar-refractivity contribution in [2.24, 2.45) is 0 Å². The maximum absolute atomic E-state index is 10.3. The molecule has 0 aromatic heterocycles. The number of carboxylic acids is 1. The summed E-state index contributed by atoms with van der Waals surface area (Å²) in [6.45, 7) is 2.26. The zero-order valence-corrected chi connectivity index (χ0v) is 12.3. The van der Waals surface area contributed by atoms with Gasteiger partial charge in [-0.25, -0.2) is 0 Å². The molecule has 0 aromatic carbocycles. The fourth-order valence-corrected chi connectivity index (χ4v) is 2.29. The topological polar surface area (TPSA) is 37.3 Å². The van der Waals surface area contributed by atoms with Crippen LogP contribution in [-0.4, -0.2) is 19.5 Å². The van der Waals surface area contributed by atoms with Gasteiger partial charge in [-0.3, -0.25) is 4.79 Å². The number of hydrogen-bond acceptors (Lipinski definition) is 1. The number of unbranched alkanes of at least 4 members (excludes halogenated alkanes) is 12. The van der Waals surface area contributed by atoms with E-state index in [-0.39, 0.29) is 8.41 Å². The van der Waals surface area contributed by atoms with Crippen molar-refractivity contribution >= 4 is 14.4 Å². The minimum Gasteiger partial charge on any atom is -0.481 e. The number of carboxylic acid groups (broad SMARTS) is 1. The molecule has 0 atom stereocenters. The Morgan fingerprint density at radius 3 is 1.32 bits per heavy atom. The fraction of sp³-hybridized carbons (Fsp3) is 0.938. The molecule has 0 aliphatic carbocycles. The molecular formula is C16H35BO2. The van der Waals surface area contributed by atoms with Crippen LogP contribution >= 0.6 is 0 Å². The Hall–Kier alpha value is -0.465. The first kappa shape index (κ1) is 20.8. The maximum atomic E-state index is 10.3. The second-order valence-electron chi connectivity index (χ2n) is 5.39. The summed E-state index contributed by atoms with van der Waals surface area (Å²) in [5, 5.41) is 8.49. The van der Waals surface area contributed by atoms with Crippen LogP contribution < -0.4 is 0 Å². The van der Waals surface area contributed by atoms with Crippen LogP contribution in [0.1, 0.15) is 96.8 Å². The lowest BCUT2D eigenvalue weighted by Crippen LogP contribution is -1.93. The van der Waals surface area contributed by atoms with E-state index in [1.165, 1.54) is 70.6 Å². The second kappa shape index (κ2) is 17.5. The number of rotatable bonds is 14. The molecule has 0 bridgehead atoms. The van der Waals surface area contributed by atoms with Gasteiger partial charge in [0.15, 0.2) is 0 Å². The van der Waals surface area contributed by atoms with Gasteiger partial charge in [-0.1, -0.05) is 84.0 Å². The van der Waals surface area contributed by atoms with E-state index in [9.17, 15) is 4.79 Å². The van der Waals surface area contributed by atoms with E-state index in [2.05, 4.69) is 6.92 Å². The molecule has 3 heteroatoms. The SMILES string of the molecule is B.CCCCCCCCCCCCCCCC(=O)O. The van der Waals surface area contributed by atoms with Gasteiger partial charge in [0.05, 0.1) is 8.41 Å². The number of aliphatic carboxylic acids is 1. The van der Waals surface area contributed by atoms with Gasteiger partial charge in [-0.15, -0.1) is 0 Å². The predicted octanol–water partition coefficient (Wildman–Crippen LogP) is 4.37. The van der Waals surface area contributed by atoms with Crippen molar-refractivity contribution < 1.29 is 9.90 Å². The van der Waals surface area contributed by atoms with Crippen molar-refractivity contribution in [1.82, 2.24) is 0 Å². The summed E-state index contributed by atoms with van der Waals surface area (Å²) in [5.41, 5.74) is 0. The highest BCUT2D eigenvalue weighted by atomic mass is 16.4. The summed E-state index contributed by atoms with van der Waals surface area (Å²) >= 11 is 0. The smallest absolute Gasteiger partial charge is 0.303 e. The van der Waals surface area contributed by atoms with Gasteiger partial charge in [0.25, 0.3) is 0 Å². The summed E-state index contributed by atoms with van der Waals surface area (Å²) in [7, 11) is 0. The van der Waals surface area contributed by atoms with E-state index in [4.69, 9.17) is 5.11 Å². The van der Waals surface area contributed by atoms with Crippen LogP contribution in [0.25, 0.3) is 0 Å². The summed E-state index contributed by atoms with van der Waals surface area (Å²) < 4.78 is 0. The molecule has 2 nitrogen and oxygen atoms in total. The molecule has 0 fully saturated rings. The van der Waals surface area contributed by atoms with Gasteiger partial charge in [0.2, 0.25) is 0 Å². The van der Waals surface area contributed by atoms with Crippen LogP contribution in [-0.2, 0) is 4.79 Å². The summed E-state index contributed by atoms with van der Waals surface area (Å²) in [6.07, 6.45) is 17.3. The molecular weight excluding hydrogens is 235 g/mol. The standard InChI is InChI=1S/C16H32O2.BH3/c1-2-3-4-5-6-7-8-9-10-11-12-13-14-15-16(17)18;/h2-15H2,1H3,(H,17,18);1H3. The van der Waals surface area contributed by atoms with Crippen LogP contribution in [0.5, 0.6) is 0 Å². The highest BCUT2D eigenvalue weighted by Gasteiger charge is 1.96. The molecule has 0 rings (SSSR count). The van der Waals surface area contributed by atoms with E-state index in [1.54, 1.807) is 0 Å². The molecule has 0 unspecified atom stereocenters. The average Bonchev–Trinajstić information content (AvgIpc) is 2.34. The third-order valence-electron chi connectivity index (χ3n) is 3.49. The van der Waals surface area contributed by atoms with Crippen LogP contribution in [0.3, 0.4) is 0 Å². The molecule has 0 heterocycles. The third kappa shape index (κ3) is 20.0. The first-order valence-electron chi connectivity index (χ1n) is 7.99. The first-order valence-corrected chi connectivity index (χ1v) is 7.99. The van der Waals surface area contributed by atoms with Gasteiger partial charge in [-0.2, -0.15) is 0 Å². The lowest BCUT2D eigenvalue weighted by atomic mass is 10.0. The van der Waals surface area contributed by atoms with E-state index < -0.39 is 5.97 Å². The van der Waals surface area contributed by atoms with Gasteiger partial charge in [-0.05, 0) is 6.42 Å². The Kier molecular flexibility index (Phi) is 19.2. The Morgan fingerprint density at radius 1 is 0.684 bits per heavy atom. The van der Waals surface area contributed by atoms with Gasteiger partial charge in [0, 0.05) is 6.42 Å². The van der Waals surface area contributed by atoms with Crippen molar-refractivity contribution in [2.45, 2.75) is 96.8 Å². The summed E-state index contributed by atoms with van der Waals surface area (Å²) in [4.78, 5) is 10.3. The van der Waals surface area contributed by atoms with Crippen LogP contribution in [0.4, 0.5) is 0 Å². The van der Waals surface area contributed by atoms with Crippen molar-refractivity contribution in [1.29, 1.82) is 0 Å². The molecule has 0 spiro atoms. The highest BCUT2D eigenvalue weighted by Crippen LogP contribution is 2.12. The normalized spacial score (nSPS) is 10.2. The highest BCUT2D eigenvalue weighted by molar-refractivity contribution is 5.75. The number of hydrogen-bond donors (Lipinski definition) is 1. The molecule has 0 aliphatic rings. The van der Waals surface area contributed by atoms with Crippen molar-refractivity contribution in [3.63, 3.8) is 0 Å². The van der Waals surface area contributed by atoms with Gasteiger partial charge in [0.1, 0.15) is 0 Å². The molecule has 19 heavy (non-hydrogen) atoms. The lowest BCUT2D eigenvalue weighted by molar-refractivity contribution is -0.137. The first-order chi connectivity index (χ1) is 8.77. The van der Waals surface area contributed by atoms with E-state index in [0.29, 0.717) is 6.42 Å². The Labute approximate surface area is 121 Å². The van der Waals surface area contributed by atoms with E-state index in [1.807, 2.05) is 0 Å². The maximum Gasteiger partial charge on any atom is 0.303 e. The predicted molar refractivity (Wildman–Crippen MR) is 87.9 cm³/mol. The average molecular weight is 270 g/mol. The molecule has 0 aromatic rings. The molecule has 0 aliphatic heterocycles. The lowest BCUT2D eigenvalue weighted by Gasteiger charge is -2.02. The molecule has 114 valence electrons. The minimum absolute atomic E-state index is 0. The largest absolute Gasteiger partial charge is 0.481 e. The van der Waals surface area contributed by atoms with Gasteiger partial charge >= 0.3 is 5.97 Å². The van der Waals surface area contributed by atoms with Gasteiger partial charge < -0.3 is 5.11 Å². The molecule has 0 saturated heterocycles. The molecule has 0 radical (unpaired) electrons. The van der Waals surface area contributed by atoms with Crippen LogP contribution in [0.15, 0.2) is 0 Å². The number of carbonyl (C=O) groups is 1. The van der Waals surface area contributed by atoms with Crippen molar-refractivity contribution in [3.8, 4) is 0 Å². The van der Waals surface area contributed by atoms with Crippen LogP contribution in [0.2, 0.25) is 0 Å². The Bertz CT molecular complexity index is 184. The minimum atomic E-state index is -0.655.